The Labute approximate surface area is 137 Å². The number of rotatable bonds is 2. The van der Waals surface area contributed by atoms with E-state index in [4.69, 9.17) is 0 Å². The number of aryl methyl sites for hydroxylation is 1. The Morgan fingerprint density at radius 2 is 1.83 bits per heavy atom. The summed E-state index contributed by atoms with van der Waals surface area (Å²) in [7, 11) is 0. The van der Waals surface area contributed by atoms with Gasteiger partial charge in [-0.1, -0.05) is 43.3 Å². The normalized spacial score (nSPS) is 22.5. The summed E-state index contributed by atoms with van der Waals surface area (Å²) >= 11 is 0. The van der Waals surface area contributed by atoms with Gasteiger partial charge in [-0.15, -0.1) is 0 Å². The van der Waals surface area contributed by atoms with Crippen LogP contribution in [0.15, 0.2) is 48.5 Å². The van der Waals surface area contributed by atoms with Crippen LogP contribution in [0.1, 0.15) is 41.3 Å². The Balaban J connectivity index is 1.79. The molecule has 1 heterocycles. The van der Waals surface area contributed by atoms with Gasteiger partial charge in [-0.05, 0) is 42.5 Å². The summed E-state index contributed by atoms with van der Waals surface area (Å²) in [4.78, 5) is 15.2. The Kier molecular flexibility index (Phi) is 3.37. The van der Waals surface area contributed by atoms with Gasteiger partial charge < -0.3 is 10.2 Å². The maximum absolute atomic E-state index is 13.1. The van der Waals surface area contributed by atoms with E-state index in [2.05, 4.69) is 41.4 Å². The summed E-state index contributed by atoms with van der Waals surface area (Å²) in [5.41, 5.74) is 4.27. The quantitative estimate of drug-likeness (QED) is 0.914. The molecule has 3 nitrogen and oxygen atoms in total. The molecule has 1 spiro atoms. The van der Waals surface area contributed by atoms with Crippen molar-refractivity contribution in [1.29, 1.82) is 0 Å². The minimum Gasteiger partial charge on any atom is -0.362 e. The van der Waals surface area contributed by atoms with Crippen LogP contribution in [0, 0.1) is 0 Å². The second-order valence-electron chi connectivity index (χ2n) is 6.60. The first-order valence-corrected chi connectivity index (χ1v) is 8.49. The average molecular weight is 306 g/mol. The van der Waals surface area contributed by atoms with Crippen molar-refractivity contribution in [2.75, 3.05) is 11.9 Å². The minimum absolute atomic E-state index is 0.167. The van der Waals surface area contributed by atoms with E-state index in [1.54, 1.807) is 0 Å². The fraction of sp³-hybridized carbons (Fsp3) is 0.350. The van der Waals surface area contributed by atoms with E-state index in [9.17, 15) is 4.79 Å². The lowest BCUT2D eigenvalue weighted by atomic mass is 9.80. The van der Waals surface area contributed by atoms with Crippen LogP contribution in [0.5, 0.6) is 0 Å². The molecule has 1 amide bonds. The van der Waals surface area contributed by atoms with E-state index in [0.29, 0.717) is 0 Å². The number of benzene rings is 2. The molecule has 0 fully saturated rings. The Morgan fingerprint density at radius 1 is 1.09 bits per heavy atom. The molecule has 2 aromatic carbocycles. The fourth-order valence-electron chi connectivity index (χ4n) is 4.03. The first-order chi connectivity index (χ1) is 11.2. The number of hydrogen-bond acceptors (Lipinski definition) is 2. The van der Waals surface area contributed by atoms with Gasteiger partial charge in [-0.25, -0.2) is 0 Å². The molecular weight excluding hydrogens is 284 g/mol. The monoisotopic (exact) mass is 306 g/mol. The van der Waals surface area contributed by atoms with Crippen molar-refractivity contribution in [1.82, 2.24) is 4.90 Å². The van der Waals surface area contributed by atoms with Gasteiger partial charge in [0.2, 0.25) is 0 Å². The maximum Gasteiger partial charge on any atom is 0.257 e. The van der Waals surface area contributed by atoms with E-state index in [0.717, 1.165) is 43.5 Å². The third kappa shape index (κ3) is 2.23. The topological polar surface area (TPSA) is 32.3 Å². The molecule has 0 unspecified atom stereocenters. The van der Waals surface area contributed by atoms with Crippen molar-refractivity contribution in [2.24, 2.45) is 0 Å². The summed E-state index contributed by atoms with van der Waals surface area (Å²) in [5.74, 6) is 0.167. The van der Waals surface area contributed by atoms with Gasteiger partial charge in [0.15, 0.2) is 0 Å². The molecule has 1 atom stereocenters. The van der Waals surface area contributed by atoms with Crippen molar-refractivity contribution < 1.29 is 4.79 Å². The van der Waals surface area contributed by atoms with Crippen molar-refractivity contribution in [3.05, 3.63) is 65.2 Å². The lowest BCUT2D eigenvalue weighted by Crippen LogP contribution is -2.62. The lowest BCUT2D eigenvalue weighted by molar-refractivity contribution is 0.0467. The number of anilines is 1. The maximum atomic E-state index is 13.1. The van der Waals surface area contributed by atoms with Gasteiger partial charge in [0, 0.05) is 18.7 Å². The number of para-hydroxylation sites is 1. The first-order valence-electron chi connectivity index (χ1n) is 8.49. The van der Waals surface area contributed by atoms with Crippen molar-refractivity contribution in [2.45, 2.75) is 38.3 Å². The van der Waals surface area contributed by atoms with Crippen LogP contribution in [0.4, 0.5) is 5.69 Å². The molecule has 118 valence electrons. The number of hydrogen-bond donors (Lipinski definition) is 1. The molecule has 0 radical (unpaired) electrons. The van der Waals surface area contributed by atoms with Gasteiger partial charge >= 0.3 is 0 Å². The zero-order valence-electron chi connectivity index (χ0n) is 13.5. The Morgan fingerprint density at radius 3 is 2.65 bits per heavy atom. The number of nitrogens with one attached hydrogen (secondary N) is 1. The predicted molar refractivity (Wildman–Crippen MR) is 92.6 cm³/mol. The van der Waals surface area contributed by atoms with Gasteiger partial charge in [-0.2, -0.15) is 0 Å². The lowest BCUT2D eigenvalue weighted by Gasteiger charge is -2.51. The Bertz CT molecular complexity index is 755. The summed E-state index contributed by atoms with van der Waals surface area (Å²) in [6.45, 7) is 2.93. The van der Waals surface area contributed by atoms with Crippen LogP contribution >= 0.6 is 0 Å². The van der Waals surface area contributed by atoms with Crippen LogP contribution in [0.2, 0.25) is 0 Å². The fourth-order valence-corrected chi connectivity index (χ4v) is 4.03. The molecule has 0 bridgehead atoms. The molecule has 1 aliphatic carbocycles. The van der Waals surface area contributed by atoms with Crippen LogP contribution < -0.4 is 5.32 Å². The smallest absolute Gasteiger partial charge is 0.257 e. The predicted octanol–water partition coefficient (Wildman–Crippen LogP) is 3.85. The average Bonchev–Trinajstić information content (AvgIpc) is 2.59. The summed E-state index contributed by atoms with van der Waals surface area (Å²) < 4.78 is 0. The third-order valence-electron chi connectivity index (χ3n) is 5.14. The van der Waals surface area contributed by atoms with Gasteiger partial charge in [-0.3, -0.25) is 4.79 Å². The Hall–Kier alpha value is -2.29. The summed E-state index contributed by atoms with van der Waals surface area (Å²) in [6, 6.07) is 16.5. The second kappa shape index (κ2) is 5.41. The highest BCUT2D eigenvalue weighted by atomic mass is 16.2. The molecule has 0 saturated carbocycles. The van der Waals surface area contributed by atoms with Crippen LogP contribution in [0.3, 0.4) is 0 Å². The number of nitrogens with zero attached hydrogens (tertiary/aromatic N) is 1. The third-order valence-corrected chi connectivity index (χ3v) is 5.14. The highest BCUT2D eigenvalue weighted by Gasteiger charge is 2.45. The zero-order valence-corrected chi connectivity index (χ0v) is 13.5. The zero-order chi connectivity index (χ0) is 15.9. The standard InChI is InChI=1S/C20H22N2O/c1-2-13-22-19(23)17-9-5-6-10-18(17)21-20(22)12-11-15-7-3-4-8-16(15)14-20/h3-10,21H,2,11-14H2,1H3/t20-/m0/s1. The number of carbonyl (C=O) groups excluding carboxylic acids is 1. The highest BCUT2D eigenvalue weighted by Crippen LogP contribution is 2.39. The van der Waals surface area contributed by atoms with E-state index in [1.807, 2.05) is 24.3 Å². The van der Waals surface area contributed by atoms with Crippen molar-refractivity contribution in [3.63, 3.8) is 0 Å². The molecule has 3 heteroatoms. The van der Waals surface area contributed by atoms with Gasteiger partial charge in [0.1, 0.15) is 5.66 Å². The first kappa shape index (κ1) is 14.3. The highest BCUT2D eigenvalue weighted by molar-refractivity contribution is 6.02. The van der Waals surface area contributed by atoms with E-state index in [-0.39, 0.29) is 11.6 Å². The van der Waals surface area contributed by atoms with E-state index in [1.165, 1.54) is 11.1 Å². The second-order valence-corrected chi connectivity index (χ2v) is 6.60. The number of carbonyl (C=O) groups is 1. The molecule has 2 aromatic rings. The van der Waals surface area contributed by atoms with Crippen LogP contribution in [-0.2, 0) is 12.8 Å². The van der Waals surface area contributed by atoms with Gasteiger partial charge in [0.25, 0.3) is 5.91 Å². The SMILES string of the molecule is CCCN1C(=O)c2ccccc2N[C@@]12CCc1ccccc1C2. The van der Waals surface area contributed by atoms with Crippen molar-refractivity contribution in [3.8, 4) is 0 Å². The molecule has 2 aliphatic rings. The molecule has 0 aromatic heterocycles. The van der Waals surface area contributed by atoms with Crippen molar-refractivity contribution >= 4 is 11.6 Å². The number of fused-ring (bicyclic) bond motifs is 2. The molecular formula is C20H22N2O. The summed E-state index contributed by atoms with van der Waals surface area (Å²) in [6.07, 6.45) is 3.82. The molecule has 4 rings (SSSR count). The number of amides is 1. The molecule has 0 saturated heterocycles. The minimum atomic E-state index is -0.282. The molecule has 1 N–H and O–H groups in total. The van der Waals surface area contributed by atoms with Crippen LogP contribution in [-0.4, -0.2) is 23.0 Å². The molecule has 1 aliphatic heterocycles. The van der Waals surface area contributed by atoms with Gasteiger partial charge in [0.05, 0.1) is 5.56 Å². The van der Waals surface area contributed by atoms with E-state index >= 15 is 0 Å². The molecule has 23 heavy (non-hydrogen) atoms. The summed E-state index contributed by atoms with van der Waals surface area (Å²) in [5, 5.41) is 3.72. The van der Waals surface area contributed by atoms with Crippen LogP contribution in [0.25, 0.3) is 0 Å². The van der Waals surface area contributed by atoms with E-state index < -0.39 is 0 Å². The largest absolute Gasteiger partial charge is 0.362 e.